The number of aliphatic imine (C=N–C) groups is 1. The molecule has 2 aliphatic rings. The summed E-state index contributed by atoms with van der Waals surface area (Å²) >= 11 is 0. The van der Waals surface area contributed by atoms with Crippen LogP contribution in [0, 0.1) is 5.92 Å². The highest BCUT2D eigenvalue weighted by atomic mass is 127. The number of rotatable bonds is 3. The fourth-order valence-electron chi connectivity index (χ4n) is 3.33. The third-order valence-corrected chi connectivity index (χ3v) is 5.07. The van der Waals surface area contributed by atoms with Crippen molar-refractivity contribution in [3.05, 3.63) is 0 Å². The standard InChI is InChI=1S/C16H33N5.HI/c1-13-5-7-14(8-6-13)19-16(17-2)18-11-15-12-20(3)9-10-21(15)4;/h13-15H,5-12H2,1-4H3,(H2,17,18,19);1H. The van der Waals surface area contributed by atoms with Crippen molar-refractivity contribution < 1.29 is 0 Å². The van der Waals surface area contributed by atoms with Crippen molar-refractivity contribution in [2.24, 2.45) is 10.9 Å². The van der Waals surface area contributed by atoms with Crippen LogP contribution in [0.1, 0.15) is 32.6 Å². The average Bonchev–Trinajstić information content (AvgIpc) is 2.48. The number of hydrogen-bond donors (Lipinski definition) is 2. The zero-order valence-electron chi connectivity index (χ0n) is 14.6. The van der Waals surface area contributed by atoms with Gasteiger partial charge in [0.2, 0.25) is 0 Å². The summed E-state index contributed by atoms with van der Waals surface area (Å²) in [5, 5.41) is 7.12. The number of nitrogens with zero attached hydrogens (tertiary/aromatic N) is 3. The van der Waals surface area contributed by atoms with E-state index < -0.39 is 0 Å². The van der Waals surface area contributed by atoms with E-state index >= 15 is 0 Å². The van der Waals surface area contributed by atoms with E-state index in [-0.39, 0.29) is 24.0 Å². The van der Waals surface area contributed by atoms with Gasteiger partial charge in [0.15, 0.2) is 5.96 Å². The van der Waals surface area contributed by atoms with Crippen LogP contribution in [0.4, 0.5) is 0 Å². The number of hydrogen-bond acceptors (Lipinski definition) is 3. The molecular weight excluding hydrogens is 389 g/mol. The predicted molar refractivity (Wildman–Crippen MR) is 105 cm³/mol. The minimum atomic E-state index is 0. The van der Waals surface area contributed by atoms with Gasteiger partial charge in [0, 0.05) is 45.3 Å². The van der Waals surface area contributed by atoms with Crippen molar-refractivity contribution in [3.63, 3.8) is 0 Å². The molecule has 2 N–H and O–H groups in total. The molecule has 1 aliphatic carbocycles. The molecule has 0 aromatic carbocycles. The Morgan fingerprint density at radius 2 is 1.82 bits per heavy atom. The lowest BCUT2D eigenvalue weighted by atomic mass is 9.87. The first-order chi connectivity index (χ1) is 10.1. The highest BCUT2D eigenvalue weighted by molar-refractivity contribution is 14.0. The first-order valence-electron chi connectivity index (χ1n) is 8.44. The van der Waals surface area contributed by atoms with Crippen molar-refractivity contribution in [1.82, 2.24) is 20.4 Å². The number of halogens is 1. The Morgan fingerprint density at radius 1 is 1.14 bits per heavy atom. The van der Waals surface area contributed by atoms with E-state index in [1.807, 2.05) is 7.05 Å². The second-order valence-corrected chi connectivity index (χ2v) is 6.95. The van der Waals surface area contributed by atoms with Gasteiger partial charge in [-0.25, -0.2) is 0 Å². The van der Waals surface area contributed by atoms with Crippen molar-refractivity contribution >= 4 is 29.9 Å². The molecule has 5 nitrogen and oxygen atoms in total. The average molecular weight is 423 g/mol. The zero-order valence-corrected chi connectivity index (χ0v) is 17.0. The van der Waals surface area contributed by atoms with E-state index in [4.69, 9.17) is 0 Å². The van der Waals surface area contributed by atoms with Gasteiger partial charge < -0.3 is 15.5 Å². The van der Waals surface area contributed by atoms with Crippen LogP contribution in [0.2, 0.25) is 0 Å². The summed E-state index contributed by atoms with van der Waals surface area (Å²) in [6, 6.07) is 1.16. The van der Waals surface area contributed by atoms with Crippen molar-refractivity contribution in [3.8, 4) is 0 Å². The first kappa shape index (κ1) is 20.0. The summed E-state index contributed by atoms with van der Waals surface area (Å²) in [6.07, 6.45) is 5.22. The molecular formula is C16H34IN5. The lowest BCUT2D eigenvalue weighted by Crippen LogP contribution is -2.56. The second kappa shape index (κ2) is 9.93. The maximum absolute atomic E-state index is 4.39. The molecule has 1 unspecified atom stereocenters. The van der Waals surface area contributed by atoms with Crippen molar-refractivity contribution in [2.45, 2.75) is 44.7 Å². The molecule has 0 amide bonds. The Kier molecular flexibility index (Phi) is 9.01. The van der Waals surface area contributed by atoms with Crippen LogP contribution in [0.25, 0.3) is 0 Å². The lowest BCUT2D eigenvalue weighted by molar-refractivity contribution is 0.116. The van der Waals surface area contributed by atoms with Gasteiger partial charge in [0.25, 0.3) is 0 Å². The number of likely N-dealkylation sites (N-methyl/N-ethyl adjacent to an activating group) is 2. The van der Waals surface area contributed by atoms with Gasteiger partial charge in [-0.15, -0.1) is 24.0 Å². The molecule has 22 heavy (non-hydrogen) atoms. The molecule has 6 heteroatoms. The third-order valence-electron chi connectivity index (χ3n) is 5.07. The minimum absolute atomic E-state index is 0. The van der Waals surface area contributed by atoms with Crippen LogP contribution < -0.4 is 10.6 Å². The molecule has 1 saturated carbocycles. The van der Waals surface area contributed by atoms with Gasteiger partial charge in [-0.2, -0.15) is 0 Å². The normalized spacial score (nSPS) is 31.5. The quantitative estimate of drug-likeness (QED) is 0.411. The Morgan fingerprint density at radius 3 is 2.45 bits per heavy atom. The van der Waals surface area contributed by atoms with Crippen molar-refractivity contribution in [1.29, 1.82) is 0 Å². The number of nitrogens with one attached hydrogen (secondary N) is 2. The fourth-order valence-corrected chi connectivity index (χ4v) is 3.33. The van der Waals surface area contributed by atoms with Crippen LogP contribution in [0.5, 0.6) is 0 Å². The Bertz CT molecular complexity index is 341. The van der Waals surface area contributed by atoms with Crippen molar-refractivity contribution in [2.75, 3.05) is 47.3 Å². The van der Waals surface area contributed by atoms with Gasteiger partial charge in [0.05, 0.1) is 0 Å². The van der Waals surface area contributed by atoms with Crippen LogP contribution >= 0.6 is 24.0 Å². The highest BCUT2D eigenvalue weighted by Crippen LogP contribution is 2.23. The number of guanidine groups is 1. The Labute approximate surface area is 153 Å². The third kappa shape index (κ3) is 6.20. The first-order valence-corrected chi connectivity index (χ1v) is 8.44. The predicted octanol–water partition coefficient (Wildman–Crippen LogP) is 1.59. The van der Waals surface area contributed by atoms with Gasteiger partial charge in [-0.3, -0.25) is 9.89 Å². The lowest BCUT2D eigenvalue weighted by Gasteiger charge is -2.38. The molecule has 0 bridgehead atoms. The van der Waals surface area contributed by atoms with E-state index in [2.05, 4.69) is 46.4 Å². The maximum atomic E-state index is 4.39. The van der Waals surface area contributed by atoms with Crippen LogP contribution in [0.3, 0.4) is 0 Å². The summed E-state index contributed by atoms with van der Waals surface area (Å²) in [6.45, 7) is 6.76. The van der Waals surface area contributed by atoms with Gasteiger partial charge in [0.1, 0.15) is 0 Å². The highest BCUT2D eigenvalue weighted by Gasteiger charge is 2.23. The summed E-state index contributed by atoms with van der Waals surface area (Å²) in [5.74, 6) is 1.86. The van der Waals surface area contributed by atoms with Gasteiger partial charge >= 0.3 is 0 Å². The molecule has 2 rings (SSSR count). The molecule has 0 spiro atoms. The Balaban J connectivity index is 0.00000242. The van der Waals surface area contributed by atoms with Crippen LogP contribution in [-0.4, -0.2) is 75.2 Å². The SMILES string of the molecule is CN=C(NCC1CN(C)CCN1C)NC1CCC(C)CC1.I. The molecule has 1 aliphatic heterocycles. The monoisotopic (exact) mass is 423 g/mol. The molecule has 0 aromatic heterocycles. The molecule has 0 radical (unpaired) electrons. The summed E-state index contributed by atoms with van der Waals surface area (Å²) in [5.41, 5.74) is 0. The molecule has 1 atom stereocenters. The van der Waals surface area contributed by atoms with Crippen LogP contribution in [-0.2, 0) is 0 Å². The largest absolute Gasteiger partial charge is 0.355 e. The zero-order chi connectivity index (χ0) is 15.2. The van der Waals surface area contributed by atoms with Gasteiger partial charge in [-0.05, 0) is 45.7 Å². The molecule has 1 saturated heterocycles. The molecule has 130 valence electrons. The van der Waals surface area contributed by atoms with E-state index in [1.54, 1.807) is 0 Å². The number of piperazine rings is 1. The summed E-state index contributed by atoms with van der Waals surface area (Å²) in [7, 11) is 6.30. The molecule has 1 heterocycles. The van der Waals surface area contributed by atoms with Gasteiger partial charge in [-0.1, -0.05) is 6.92 Å². The minimum Gasteiger partial charge on any atom is -0.355 e. The van der Waals surface area contributed by atoms with E-state index in [0.717, 1.165) is 31.5 Å². The fraction of sp³-hybridized carbons (Fsp3) is 0.938. The second-order valence-electron chi connectivity index (χ2n) is 6.95. The molecule has 0 aromatic rings. The Hall–Kier alpha value is -0.0800. The molecule has 2 fully saturated rings. The summed E-state index contributed by atoms with van der Waals surface area (Å²) in [4.78, 5) is 9.25. The topological polar surface area (TPSA) is 42.9 Å². The van der Waals surface area contributed by atoms with Crippen LogP contribution in [0.15, 0.2) is 4.99 Å². The summed E-state index contributed by atoms with van der Waals surface area (Å²) < 4.78 is 0. The maximum Gasteiger partial charge on any atom is 0.191 e. The smallest absolute Gasteiger partial charge is 0.191 e. The van der Waals surface area contributed by atoms with E-state index in [9.17, 15) is 0 Å². The van der Waals surface area contributed by atoms with E-state index in [1.165, 1.54) is 32.2 Å². The van der Waals surface area contributed by atoms with E-state index in [0.29, 0.717) is 12.1 Å².